The van der Waals surface area contributed by atoms with Crippen LogP contribution < -0.4 is 22.2 Å². The van der Waals surface area contributed by atoms with E-state index < -0.39 is 46.3 Å². The number of benzene rings is 2. The summed E-state index contributed by atoms with van der Waals surface area (Å²) in [6.45, 7) is 0. The van der Waals surface area contributed by atoms with Gasteiger partial charge in [-0.1, -0.05) is 60.7 Å². The number of hydrogen-bond acceptors (Lipinski definition) is 8. The summed E-state index contributed by atoms with van der Waals surface area (Å²) >= 11 is 1.21. The minimum atomic E-state index is -1.50. The van der Waals surface area contributed by atoms with Crippen molar-refractivity contribution in [3.05, 3.63) is 113 Å². The molecule has 5 rings (SSSR count). The molecule has 0 bridgehead atoms. The molecule has 5 aromatic rings. The Hall–Kier alpha value is -4.42. The molecule has 12 heteroatoms. The SMILES string of the molecule is O=C(O)C(Cc1ccccc1)n1c(=O)c2sc3c(=O)n(C(Cc4ccccc4)C(=O)O)c(=O)c3sc2c1=O. The summed E-state index contributed by atoms with van der Waals surface area (Å²) in [6, 6.07) is 14.0. The monoisotopic (exact) mass is 550 g/mol. The van der Waals surface area contributed by atoms with Crippen LogP contribution in [0.3, 0.4) is 0 Å². The van der Waals surface area contributed by atoms with Gasteiger partial charge >= 0.3 is 11.9 Å². The van der Waals surface area contributed by atoms with Gasteiger partial charge in [0.2, 0.25) is 0 Å². The maximum atomic E-state index is 13.3. The summed E-state index contributed by atoms with van der Waals surface area (Å²) < 4.78 is 0.660. The predicted molar refractivity (Wildman–Crippen MR) is 143 cm³/mol. The molecule has 0 aliphatic rings. The first kappa shape index (κ1) is 25.2. The highest BCUT2D eigenvalue weighted by atomic mass is 32.1. The fourth-order valence-corrected chi connectivity index (χ4v) is 6.76. The van der Waals surface area contributed by atoms with Crippen molar-refractivity contribution < 1.29 is 19.8 Å². The van der Waals surface area contributed by atoms with Gasteiger partial charge in [0.15, 0.2) is 0 Å². The Morgan fingerprint density at radius 1 is 0.579 bits per heavy atom. The lowest BCUT2D eigenvalue weighted by molar-refractivity contribution is -0.142. The van der Waals surface area contributed by atoms with Gasteiger partial charge in [-0.2, -0.15) is 0 Å². The minimum absolute atomic E-state index is 0.123. The minimum Gasteiger partial charge on any atom is -0.480 e. The van der Waals surface area contributed by atoms with Crippen LogP contribution in [-0.4, -0.2) is 31.3 Å². The average molecular weight is 551 g/mol. The van der Waals surface area contributed by atoms with Crippen molar-refractivity contribution in [3.63, 3.8) is 0 Å². The second-order valence-corrected chi connectivity index (χ2v) is 10.6. The summed E-state index contributed by atoms with van der Waals surface area (Å²) in [4.78, 5) is 77.1. The van der Waals surface area contributed by atoms with E-state index in [1.807, 2.05) is 0 Å². The third-order valence-electron chi connectivity index (χ3n) is 6.21. The van der Waals surface area contributed by atoms with E-state index in [9.17, 15) is 39.0 Å². The number of hydrogen-bond donors (Lipinski definition) is 2. The number of nitrogens with zero attached hydrogens (tertiary/aromatic N) is 2. The molecule has 2 aromatic carbocycles. The van der Waals surface area contributed by atoms with E-state index in [4.69, 9.17) is 0 Å². The van der Waals surface area contributed by atoms with Gasteiger partial charge in [-0.15, -0.1) is 22.7 Å². The lowest BCUT2D eigenvalue weighted by Crippen LogP contribution is -2.36. The molecule has 0 aliphatic carbocycles. The van der Waals surface area contributed by atoms with Crippen molar-refractivity contribution in [1.82, 2.24) is 9.13 Å². The molecule has 0 aliphatic heterocycles. The summed E-state index contributed by atoms with van der Waals surface area (Å²) in [5, 5.41) is 19.6. The van der Waals surface area contributed by atoms with Crippen molar-refractivity contribution >= 4 is 53.4 Å². The first-order valence-electron chi connectivity index (χ1n) is 11.3. The molecule has 0 amide bonds. The van der Waals surface area contributed by atoms with Gasteiger partial charge in [-0.3, -0.25) is 28.3 Å². The van der Waals surface area contributed by atoms with Gasteiger partial charge < -0.3 is 10.2 Å². The fraction of sp³-hybridized carbons (Fsp3) is 0.154. The van der Waals surface area contributed by atoms with Crippen LogP contribution in [0.15, 0.2) is 79.8 Å². The van der Waals surface area contributed by atoms with E-state index in [-0.39, 0.29) is 31.6 Å². The molecule has 2 N–H and O–H groups in total. The van der Waals surface area contributed by atoms with Crippen LogP contribution in [0.5, 0.6) is 0 Å². The summed E-state index contributed by atoms with van der Waals surface area (Å²) in [6.07, 6.45) is -0.246. The van der Waals surface area contributed by atoms with Gasteiger partial charge in [-0.05, 0) is 11.1 Å². The van der Waals surface area contributed by atoms with E-state index in [0.717, 1.165) is 0 Å². The predicted octanol–water partition coefficient (Wildman–Crippen LogP) is 2.33. The second kappa shape index (κ2) is 9.80. The molecule has 0 spiro atoms. The molecule has 38 heavy (non-hydrogen) atoms. The van der Waals surface area contributed by atoms with Crippen LogP contribution in [0.1, 0.15) is 23.2 Å². The highest BCUT2D eigenvalue weighted by Gasteiger charge is 2.31. The van der Waals surface area contributed by atoms with Crippen molar-refractivity contribution in [1.29, 1.82) is 0 Å². The molecule has 192 valence electrons. The van der Waals surface area contributed by atoms with Gasteiger partial charge in [0.05, 0.1) is 0 Å². The molecule has 2 atom stereocenters. The van der Waals surface area contributed by atoms with E-state index in [0.29, 0.717) is 42.9 Å². The van der Waals surface area contributed by atoms with Crippen LogP contribution >= 0.6 is 22.7 Å². The lowest BCUT2D eigenvalue weighted by atomic mass is 10.1. The molecule has 2 unspecified atom stereocenters. The first-order valence-corrected chi connectivity index (χ1v) is 13.0. The number of carboxylic acid groups (broad SMARTS) is 2. The van der Waals surface area contributed by atoms with Crippen molar-refractivity contribution in [2.45, 2.75) is 24.9 Å². The molecule has 0 saturated heterocycles. The summed E-state index contributed by atoms with van der Waals surface area (Å²) in [7, 11) is 0. The second-order valence-electron chi connectivity index (χ2n) is 8.57. The van der Waals surface area contributed by atoms with Crippen LogP contribution in [0.25, 0.3) is 18.8 Å². The molecule has 3 aromatic heterocycles. The van der Waals surface area contributed by atoms with E-state index in [2.05, 4.69) is 0 Å². The Labute approximate surface area is 220 Å². The van der Waals surface area contributed by atoms with Gasteiger partial charge in [0, 0.05) is 12.8 Å². The van der Waals surface area contributed by atoms with Crippen molar-refractivity contribution in [2.75, 3.05) is 0 Å². The zero-order chi connectivity index (χ0) is 27.1. The molecular weight excluding hydrogens is 532 g/mol. The van der Waals surface area contributed by atoms with Crippen molar-refractivity contribution in [2.24, 2.45) is 0 Å². The normalized spacial score (nSPS) is 13.1. The Bertz CT molecular complexity index is 1710. The van der Waals surface area contributed by atoms with E-state index >= 15 is 0 Å². The standard InChI is InChI=1S/C26H18N2O8S2/c29-21-17-18(22(30)27(21)15(25(33)34)11-13-7-3-1-4-8-13)38-20-19(37-17)23(31)28(24(20)32)16(26(35)36)12-14-9-5-2-6-10-14/h1-10,15-16H,11-12H2,(H,33,34)(H,35,36). The Morgan fingerprint density at radius 3 is 1.13 bits per heavy atom. The largest absolute Gasteiger partial charge is 0.480 e. The molecule has 10 nitrogen and oxygen atoms in total. The molecule has 0 saturated carbocycles. The maximum absolute atomic E-state index is 13.3. The highest BCUT2D eigenvalue weighted by molar-refractivity contribution is 7.36. The molecular formula is C26H18N2O8S2. The number of fused-ring (bicyclic) bond motifs is 2. The fourth-order valence-electron chi connectivity index (χ4n) is 4.39. The number of aromatic nitrogens is 2. The zero-order valence-corrected chi connectivity index (χ0v) is 21.0. The summed E-state index contributed by atoms with van der Waals surface area (Å²) in [5.74, 6) is -2.76. The lowest BCUT2D eigenvalue weighted by Gasteiger charge is -2.12. The van der Waals surface area contributed by atoms with Gasteiger partial charge in [0.1, 0.15) is 30.9 Å². The van der Waals surface area contributed by atoms with Gasteiger partial charge in [0.25, 0.3) is 22.2 Å². The van der Waals surface area contributed by atoms with E-state index in [1.165, 1.54) is 0 Å². The third kappa shape index (κ3) is 4.23. The summed E-state index contributed by atoms with van der Waals surface area (Å²) in [5.41, 5.74) is -2.31. The molecule has 3 heterocycles. The Balaban J connectivity index is 1.68. The Morgan fingerprint density at radius 2 is 0.868 bits per heavy atom. The smallest absolute Gasteiger partial charge is 0.327 e. The number of aliphatic carboxylic acids is 2. The van der Waals surface area contributed by atoms with Crippen LogP contribution in [0.2, 0.25) is 0 Å². The average Bonchev–Trinajstić information content (AvgIpc) is 3.29. The quantitative estimate of drug-likeness (QED) is 0.299. The van der Waals surface area contributed by atoms with E-state index in [1.54, 1.807) is 60.7 Å². The van der Waals surface area contributed by atoms with Crippen LogP contribution in [0.4, 0.5) is 0 Å². The Kier molecular flexibility index (Phi) is 6.51. The molecule has 0 fully saturated rings. The van der Waals surface area contributed by atoms with Crippen LogP contribution in [0, 0.1) is 0 Å². The van der Waals surface area contributed by atoms with Gasteiger partial charge in [-0.25, -0.2) is 9.59 Å². The maximum Gasteiger partial charge on any atom is 0.327 e. The zero-order valence-electron chi connectivity index (χ0n) is 19.4. The third-order valence-corrected chi connectivity index (χ3v) is 8.80. The first-order chi connectivity index (χ1) is 18.2. The van der Waals surface area contributed by atoms with Crippen LogP contribution in [-0.2, 0) is 22.4 Å². The topological polar surface area (TPSA) is 153 Å². The number of carbonyl (C=O) groups is 2. The highest BCUT2D eigenvalue weighted by Crippen LogP contribution is 2.28. The molecule has 0 radical (unpaired) electrons. The number of carboxylic acids is 2. The van der Waals surface area contributed by atoms with Crippen molar-refractivity contribution in [3.8, 4) is 0 Å². The number of rotatable bonds is 8.